The van der Waals surface area contributed by atoms with Crippen LogP contribution in [0.3, 0.4) is 0 Å². The van der Waals surface area contributed by atoms with Crippen molar-refractivity contribution in [3.63, 3.8) is 0 Å². The fraction of sp³-hybridized carbons (Fsp3) is 0.700. The summed E-state index contributed by atoms with van der Waals surface area (Å²) in [5.41, 5.74) is -0.914. The Hall–Kier alpha value is -1.21. The van der Waals surface area contributed by atoms with Crippen LogP contribution in [0.25, 0.3) is 0 Å². The lowest BCUT2D eigenvalue weighted by Crippen LogP contribution is -2.42. The van der Waals surface area contributed by atoms with Gasteiger partial charge in [0, 0.05) is 20.1 Å². The van der Waals surface area contributed by atoms with Crippen molar-refractivity contribution in [1.82, 2.24) is 15.1 Å². The Morgan fingerprint density at radius 1 is 1.53 bits per heavy atom. The van der Waals surface area contributed by atoms with E-state index in [2.05, 4.69) is 15.5 Å². The lowest BCUT2D eigenvalue weighted by atomic mass is 10.1. The number of carbonyl (C=O) groups is 1. The summed E-state index contributed by atoms with van der Waals surface area (Å²) >= 11 is 1.20. The van der Waals surface area contributed by atoms with Crippen LogP contribution < -0.4 is 5.32 Å². The molecule has 96 valence electrons. The normalized spacial score (nSPS) is 11.4. The van der Waals surface area contributed by atoms with Crippen LogP contribution in [0.1, 0.15) is 30.6 Å². The Morgan fingerprint density at radius 2 is 2.18 bits per heavy atom. The number of anilines is 1. The summed E-state index contributed by atoms with van der Waals surface area (Å²) in [6.07, 6.45) is 0. The molecule has 1 rings (SSSR count). The number of rotatable bonds is 5. The summed E-state index contributed by atoms with van der Waals surface area (Å²) in [4.78, 5) is 13.6. The zero-order valence-corrected chi connectivity index (χ0v) is 11.3. The Labute approximate surface area is 105 Å². The first kappa shape index (κ1) is 13.9. The molecule has 0 bridgehead atoms. The van der Waals surface area contributed by atoms with Gasteiger partial charge in [0.1, 0.15) is 0 Å². The molecule has 0 aliphatic carbocycles. The van der Waals surface area contributed by atoms with Crippen LogP contribution >= 0.6 is 11.3 Å². The van der Waals surface area contributed by atoms with E-state index in [-0.39, 0.29) is 12.5 Å². The van der Waals surface area contributed by atoms with Gasteiger partial charge >= 0.3 is 0 Å². The highest BCUT2D eigenvalue weighted by Gasteiger charge is 2.24. The molecule has 6 nitrogen and oxygen atoms in total. The number of aromatic nitrogens is 2. The smallest absolute Gasteiger partial charge is 0.284 e. The summed E-state index contributed by atoms with van der Waals surface area (Å²) in [6.45, 7) is 6.00. The zero-order chi connectivity index (χ0) is 13.1. The van der Waals surface area contributed by atoms with Gasteiger partial charge in [0.25, 0.3) is 5.91 Å². The number of hydrogen-bond acceptors (Lipinski definition) is 6. The van der Waals surface area contributed by atoms with Gasteiger partial charge in [0.05, 0.1) is 5.60 Å². The molecule has 0 radical (unpaired) electrons. The van der Waals surface area contributed by atoms with Gasteiger partial charge in [-0.15, -0.1) is 10.2 Å². The number of carbonyl (C=O) groups excluding carboxylic acids is 1. The van der Waals surface area contributed by atoms with Gasteiger partial charge in [-0.25, -0.2) is 0 Å². The number of nitrogens with zero attached hydrogens (tertiary/aromatic N) is 3. The Kier molecular flexibility index (Phi) is 4.41. The first-order valence-corrected chi connectivity index (χ1v) is 6.22. The predicted molar refractivity (Wildman–Crippen MR) is 67.3 cm³/mol. The Balaban J connectivity index is 2.79. The first-order chi connectivity index (χ1) is 7.87. The van der Waals surface area contributed by atoms with Gasteiger partial charge in [0.15, 0.2) is 0 Å². The van der Waals surface area contributed by atoms with Crippen molar-refractivity contribution >= 4 is 22.4 Å². The zero-order valence-electron chi connectivity index (χ0n) is 10.5. The van der Waals surface area contributed by atoms with E-state index in [1.807, 2.05) is 6.92 Å². The van der Waals surface area contributed by atoms with Crippen LogP contribution in [0.4, 0.5) is 5.13 Å². The van der Waals surface area contributed by atoms with E-state index >= 15 is 0 Å². The van der Waals surface area contributed by atoms with Crippen molar-refractivity contribution in [3.05, 3.63) is 5.01 Å². The molecule has 0 saturated heterocycles. The summed E-state index contributed by atoms with van der Waals surface area (Å²) in [6, 6.07) is 0. The topological polar surface area (TPSA) is 78.3 Å². The quantitative estimate of drug-likeness (QED) is 0.817. The van der Waals surface area contributed by atoms with Crippen molar-refractivity contribution in [2.24, 2.45) is 0 Å². The van der Waals surface area contributed by atoms with E-state index in [0.29, 0.717) is 16.7 Å². The molecule has 0 saturated carbocycles. The molecule has 0 spiro atoms. The number of likely N-dealkylation sites (N-methyl/N-ethyl adjacent to an activating group) is 1. The molecular weight excluding hydrogens is 240 g/mol. The third kappa shape index (κ3) is 3.94. The summed E-state index contributed by atoms with van der Waals surface area (Å²) < 4.78 is 0. The number of aliphatic hydroxyl groups is 1. The number of amides is 1. The van der Waals surface area contributed by atoms with E-state index in [1.165, 1.54) is 11.3 Å². The molecule has 17 heavy (non-hydrogen) atoms. The summed E-state index contributed by atoms with van der Waals surface area (Å²) in [5, 5.41) is 21.1. The molecule has 0 aliphatic rings. The van der Waals surface area contributed by atoms with Crippen LogP contribution in [-0.4, -0.2) is 51.8 Å². The third-order valence-electron chi connectivity index (χ3n) is 2.07. The minimum atomic E-state index is -0.914. The van der Waals surface area contributed by atoms with Gasteiger partial charge in [-0.1, -0.05) is 11.3 Å². The van der Waals surface area contributed by atoms with Crippen molar-refractivity contribution in [1.29, 1.82) is 0 Å². The molecule has 1 aromatic rings. The highest BCUT2D eigenvalue weighted by Crippen LogP contribution is 2.17. The number of nitrogens with one attached hydrogen (secondary N) is 1. The Morgan fingerprint density at radius 3 is 2.59 bits per heavy atom. The van der Waals surface area contributed by atoms with Crippen molar-refractivity contribution in [2.75, 3.05) is 25.5 Å². The maximum atomic E-state index is 12.1. The lowest BCUT2D eigenvalue weighted by molar-refractivity contribution is 0.0314. The second-order valence-corrected chi connectivity index (χ2v) is 5.27. The average molecular weight is 258 g/mol. The minimum absolute atomic E-state index is 0.200. The summed E-state index contributed by atoms with van der Waals surface area (Å²) in [5.74, 6) is -0.200. The average Bonchev–Trinajstić information content (AvgIpc) is 2.72. The van der Waals surface area contributed by atoms with E-state index in [0.717, 1.165) is 0 Å². The highest BCUT2D eigenvalue weighted by molar-refractivity contribution is 7.17. The van der Waals surface area contributed by atoms with E-state index in [4.69, 9.17) is 0 Å². The largest absolute Gasteiger partial charge is 0.389 e. The molecule has 0 atom stereocenters. The third-order valence-corrected chi connectivity index (χ3v) is 3.00. The second-order valence-electron chi connectivity index (χ2n) is 4.29. The first-order valence-electron chi connectivity index (χ1n) is 5.40. The van der Waals surface area contributed by atoms with Crippen LogP contribution in [-0.2, 0) is 0 Å². The van der Waals surface area contributed by atoms with Gasteiger partial charge in [-0.3, -0.25) is 4.79 Å². The van der Waals surface area contributed by atoms with Gasteiger partial charge in [-0.05, 0) is 20.8 Å². The second kappa shape index (κ2) is 5.42. The van der Waals surface area contributed by atoms with Crippen molar-refractivity contribution in [3.8, 4) is 0 Å². The van der Waals surface area contributed by atoms with Crippen LogP contribution in [0.5, 0.6) is 0 Å². The van der Waals surface area contributed by atoms with Crippen LogP contribution in [0.15, 0.2) is 0 Å². The molecule has 1 aromatic heterocycles. The molecule has 1 amide bonds. The molecular formula is C10H18N4O2S. The SMILES string of the molecule is CCN(CC(C)(C)O)C(=O)c1nnc(NC)s1. The Bertz CT molecular complexity index is 386. The fourth-order valence-corrected chi connectivity index (χ4v) is 2.01. The molecule has 0 aromatic carbocycles. The standard InChI is InChI=1S/C10H18N4O2S/c1-5-14(6-10(2,3)16)8(15)7-12-13-9(11-4)17-7/h16H,5-6H2,1-4H3,(H,11,13). The van der Waals surface area contributed by atoms with Gasteiger partial charge < -0.3 is 15.3 Å². The molecule has 0 unspecified atom stereocenters. The molecule has 2 N–H and O–H groups in total. The lowest BCUT2D eigenvalue weighted by Gasteiger charge is -2.27. The molecule has 1 heterocycles. The van der Waals surface area contributed by atoms with Crippen LogP contribution in [0.2, 0.25) is 0 Å². The maximum Gasteiger partial charge on any atom is 0.284 e. The van der Waals surface area contributed by atoms with E-state index in [1.54, 1.807) is 25.8 Å². The molecule has 7 heteroatoms. The van der Waals surface area contributed by atoms with Crippen molar-refractivity contribution < 1.29 is 9.90 Å². The fourth-order valence-electron chi connectivity index (χ4n) is 1.34. The molecule has 0 fully saturated rings. The maximum absolute atomic E-state index is 12.1. The van der Waals surface area contributed by atoms with Gasteiger partial charge in [0.2, 0.25) is 10.1 Å². The monoisotopic (exact) mass is 258 g/mol. The minimum Gasteiger partial charge on any atom is -0.389 e. The predicted octanol–water partition coefficient (Wildman–Crippen LogP) is 0.813. The van der Waals surface area contributed by atoms with Crippen LogP contribution in [0, 0.1) is 0 Å². The molecule has 0 aliphatic heterocycles. The van der Waals surface area contributed by atoms with E-state index in [9.17, 15) is 9.90 Å². The van der Waals surface area contributed by atoms with Crippen molar-refractivity contribution in [2.45, 2.75) is 26.4 Å². The highest BCUT2D eigenvalue weighted by atomic mass is 32.1. The van der Waals surface area contributed by atoms with E-state index < -0.39 is 5.60 Å². The van der Waals surface area contributed by atoms with Gasteiger partial charge in [-0.2, -0.15) is 0 Å². The summed E-state index contributed by atoms with van der Waals surface area (Å²) in [7, 11) is 1.73. The number of hydrogen-bond donors (Lipinski definition) is 2.